The van der Waals surface area contributed by atoms with Crippen LogP contribution in [0.25, 0.3) is 0 Å². The van der Waals surface area contributed by atoms with E-state index in [2.05, 4.69) is 12.2 Å². The highest BCUT2D eigenvalue weighted by Gasteiger charge is 2.42. The van der Waals surface area contributed by atoms with E-state index in [-0.39, 0.29) is 0 Å². The lowest BCUT2D eigenvalue weighted by molar-refractivity contribution is 0.606. The second-order valence-electron chi connectivity index (χ2n) is 2.47. The van der Waals surface area contributed by atoms with Gasteiger partial charge in [-0.2, -0.15) is 0 Å². The Labute approximate surface area is 37.9 Å². The molecule has 1 fully saturated rings. The molecule has 0 amide bonds. The number of hydrogen-bond donors (Lipinski definition) is 0. The van der Waals surface area contributed by atoms with Crippen LogP contribution in [0.2, 0.25) is 0 Å². The van der Waals surface area contributed by atoms with Gasteiger partial charge in [0.1, 0.15) is 0 Å². The van der Waals surface area contributed by atoms with E-state index in [1.165, 1.54) is 19.3 Å². The molecule has 0 aromatic heterocycles. The average Bonchev–Trinajstić information content (AvgIpc) is 2.02. The van der Waals surface area contributed by atoms with Crippen LogP contribution in [0.15, 0.2) is 12.2 Å². The topological polar surface area (TPSA) is 0 Å². The minimum Gasteiger partial charge on any atom is -0.0871 e. The standard InChI is InChI=1S/C6H8/c1-2-6(3-1)4-5-6/h1-2H,3-5H2. The molecular weight excluding hydrogens is 72.1 g/mol. The highest BCUT2D eigenvalue weighted by atomic mass is 14.5. The molecule has 0 aromatic rings. The second-order valence-corrected chi connectivity index (χ2v) is 2.47. The first kappa shape index (κ1) is 2.84. The number of allylic oxidation sites excluding steroid dienone is 2. The molecule has 2 aliphatic carbocycles. The Kier molecular flexibility index (Phi) is 0.272. The predicted octanol–water partition coefficient (Wildman–Crippen LogP) is 1.73. The van der Waals surface area contributed by atoms with Crippen molar-refractivity contribution < 1.29 is 0 Å². The second kappa shape index (κ2) is 0.575. The summed E-state index contributed by atoms with van der Waals surface area (Å²) in [5, 5.41) is 0. The zero-order chi connectivity index (χ0) is 4.04. The molecule has 6 heavy (non-hydrogen) atoms. The molecule has 0 radical (unpaired) electrons. The fourth-order valence-corrected chi connectivity index (χ4v) is 0.983. The smallest absolute Gasteiger partial charge is 0.00831 e. The van der Waals surface area contributed by atoms with Crippen LogP contribution in [0, 0.1) is 5.41 Å². The maximum Gasteiger partial charge on any atom is -0.00831 e. The quantitative estimate of drug-likeness (QED) is 0.389. The van der Waals surface area contributed by atoms with Crippen molar-refractivity contribution in [2.24, 2.45) is 5.41 Å². The van der Waals surface area contributed by atoms with Gasteiger partial charge in [-0.25, -0.2) is 0 Å². The molecule has 0 heterocycles. The van der Waals surface area contributed by atoms with Gasteiger partial charge in [0.05, 0.1) is 0 Å². The van der Waals surface area contributed by atoms with E-state index in [0.29, 0.717) is 0 Å². The van der Waals surface area contributed by atoms with Crippen molar-refractivity contribution >= 4 is 0 Å². The molecular formula is C6H8. The summed E-state index contributed by atoms with van der Waals surface area (Å²) in [6.45, 7) is 0. The molecule has 2 rings (SSSR count). The minimum absolute atomic E-state index is 0.792. The monoisotopic (exact) mass is 80.1 g/mol. The van der Waals surface area contributed by atoms with Gasteiger partial charge in [0.2, 0.25) is 0 Å². The Morgan fingerprint density at radius 2 is 2.00 bits per heavy atom. The molecule has 0 N–H and O–H groups in total. The summed E-state index contributed by atoms with van der Waals surface area (Å²) in [6.07, 6.45) is 8.96. The van der Waals surface area contributed by atoms with Crippen molar-refractivity contribution in [2.45, 2.75) is 19.3 Å². The van der Waals surface area contributed by atoms with E-state index in [4.69, 9.17) is 0 Å². The lowest BCUT2D eigenvalue weighted by atomic mass is 9.92. The molecule has 1 saturated carbocycles. The van der Waals surface area contributed by atoms with Crippen LogP contribution in [0.1, 0.15) is 19.3 Å². The average molecular weight is 80.1 g/mol. The summed E-state index contributed by atoms with van der Waals surface area (Å²) in [6, 6.07) is 0. The molecule has 32 valence electrons. The van der Waals surface area contributed by atoms with Crippen LogP contribution in [0.4, 0.5) is 0 Å². The summed E-state index contributed by atoms with van der Waals surface area (Å²) < 4.78 is 0. The number of rotatable bonds is 0. The normalized spacial score (nSPS) is 33.3. The largest absolute Gasteiger partial charge is 0.0871 e. The first-order chi connectivity index (χ1) is 2.91. The lowest BCUT2D eigenvalue weighted by Crippen LogP contribution is -2.00. The van der Waals surface area contributed by atoms with Gasteiger partial charge in [-0.3, -0.25) is 0 Å². The molecule has 1 spiro atoms. The van der Waals surface area contributed by atoms with Crippen LogP contribution >= 0.6 is 0 Å². The van der Waals surface area contributed by atoms with Crippen molar-refractivity contribution in [1.82, 2.24) is 0 Å². The van der Waals surface area contributed by atoms with Crippen molar-refractivity contribution in [2.75, 3.05) is 0 Å². The molecule has 0 saturated heterocycles. The minimum atomic E-state index is 0.792. The van der Waals surface area contributed by atoms with Crippen molar-refractivity contribution in [3.63, 3.8) is 0 Å². The highest BCUT2D eigenvalue weighted by Crippen LogP contribution is 2.55. The van der Waals surface area contributed by atoms with Crippen molar-refractivity contribution in [3.8, 4) is 0 Å². The van der Waals surface area contributed by atoms with E-state index in [0.717, 1.165) is 5.41 Å². The van der Waals surface area contributed by atoms with E-state index in [1.807, 2.05) is 0 Å². The van der Waals surface area contributed by atoms with Gasteiger partial charge in [-0.05, 0) is 24.7 Å². The molecule has 0 aliphatic heterocycles. The highest BCUT2D eigenvalue weighted by molar-refractivity contribution is 5.20. The summed E-state index contributed by atoms with van der Waals surface area (Å²) in [4.78, 5) is 0. The van der Waals surface area contributed by atoms with Gasteiger partial charge in [0.15, 0.2) is 0 Å². The fraction of sp³-hybridized carbons (Fsp3) is 0.667. The van der Waals surface area contributed by atoms with Crippen LogP contribution < -0.4 is 0 Å². The molecule has 0 heteroatoms. The van der Waals surface area contributed by atoms with E-state index in [1.54, 1.807) is 0 Å². The fourth-order valence-electron chi connectivity index (χ4n) is 0.983. The van der Waals surface area contributed by atoms with Gasteiger partial charge >= 0.3 is 0 Å². The maximum absolute atomic E-state index is 2.35. The third-order valence-electron chi connectivity index (χ3n) is 1.89. The van der Waals surface area contributed by atoms with Crippen LogP contribution in [0.3, 0.4) is 0 Å². The summed E-state index contributed by atoms with van der Waals surface area (Å²) in [5.74, 6) is 0. The first-order valence-corrected chi connectivity index (χ1v) is 2.59. The van der Waals surface area contributed by atoms with E-state index < -0.39 is 0 Å². The molecule has 0 unspecified atom stereocenters. The molecule has 0 bridgehead atoms. The Balaban J connectivity index is 2.31. The summed E-state index contributed by atoms with van der Waals surface area (Å²) in [7, 11) is 0. The van der Waals surface area contributed by atoms with Gasteiger partial charge < -0.3 is 0 Å². The first-order valence-electron chi connectivity index (χ1n) is 2.59. The van der Waals surface area contributed by atoms with Crippen molar-refractivity contribution in [1.29, 1.82) is 0 Å². The molecule has 0 aromatic carbocycles. The summed E-state index contributed by atoms with van der Waals surface area (Å²) in [5.41, 5.74) is 0.792. The molecule has 0 nitrogen and oxygen atoms in total. The van der Waals surface area contributed by atoms with E-state index >= 15 is 0 Å². The van der Waals surface area contributed by atoms with Gasteiger partial charge in [0, 0.05) is 0 Å². The molecule has 2 aliphatic rings. The Morgan fingerprint density at radius 1 is 1.33 bits per heavy atom. The predicted molar refractivity (Wildman–Crippen MR) is 25.4 cm³/mol. The maximum atomic E-state index is 2.35. The van der Waals surface area contributed by atoms with Crippen LogP contribution in [-0.4, -0.2) is 0 Å². The Bertz CT molecular complexity index is 96.6. The van der Waals surface area contributed by atoms with Crippen LogP contribution in [-0.2, 0) is 0 Å². The lowest BCUT2D eigenvalue weighted by Gasteiger charge is -2.13. The van der Waals surface area contributed by atoms with Gasteiger partial charge in [-0.15, -0.1) is 0 Å². The summed E-state index contributed by atoms with van der Waals surface area (Å²) >= 11 is 0. The van der Waals surface area contributed by atoms with Gasteiger partial charge in [-0.1, -0.05) is 12.2 Å². The SMILES string of the molecule is C1=CC2(C1)CC2. The van der Waals surface area contributed by atoms with Crippen molar-refractivity contribution in [3.05, 3.63) is 12.2 Å². The molecule has 0 atom stereocenters. The van der Waals surface area contributed by atoms with Gasteiger partial charge in [0.25, 0.3) is 0 Å². The number of hydrogen-bond acceptors (Lipinski definition) is 0. The zero-order valence-electron chi connectivity index (χ0n) is 3.78. The Hall–Kier alpha value is -0.260. The third-order valence-corrected chi connectivity index (χ3v) is 1.89. The van der Waals surface area contributed by atoms with E-state index in [9.17, 15) is 0 Å². The Morgan fingerprint density at radius 3 is 2.00 bits per heavy atom. The zero-order valence-corrected chi connectivity index (χ0v) is 3.78. The third kappa shape index (κ3) is 0.173. The van der Waals surface area contributed by atoms with Crippen LogP contribution in [0.5, 0.6) is 0 Å².